The zero-order valence-electron chi connectivity index (χ0n) is 31.3. The van der Waals surface area contributed by atoms with Crippen molar-refractivity contribution >= 4 is 24.2 Å². The maximum atomic E-state index is 12.2. The number of aromatic hydroxyl groups is 2. The van der Waals surface area contributed by atoms with E-state index in [9.17, 15) is 19.8 Å². The molecule has 0 spiro atoms. The minimum atomic E-state index is -0.153. The molecule has 0 atom stereocenters. The van der Waals surface area contributed by atoms with Gasteiger partial charge in [0.1, 0.15) is 11.5 Å². The third-order valence-electron chi connectivity index (χ3n) is 9.40. The number of benzene rings is 4. The Morgan fingerprint density at radius 2 is 1.02 bits per heavy atom. The molecule has 0 unspecified atom stereocenters. The Balaban J connectivity index is 0.000000212. The number of piperazine rings is 2. The van der Waals surface area contributed by atoms with E-state index in [0.29, 0.717) is 30.6 Å². The molecule has 4 aromatic carbocycles. The number of nitrogens with one attached hydrogen (secondary N) is 2. The van der Waals surface area contributed by atoms with Crippen LogP contribution < -0.4 is 10.9 Å². The zero-order valence-corrected chi connectivity index (χ0v) is 31.3. The summed E-state index contributed by atoms with van der Waals surface area (Å²) in [5, 5.41) is 27.8. The standard InChI is InChI=1S/C23H28N4O2.C20H24N4O2/c1-2-7-20-10-6-11-21(23(20)29)16-24-25-22(28)18-27-14-12-26(13-15-27)17-19-8-4-3-5-9-19;25-19-9-5-4-8-18(19)14-21-22-20(26)16-24-12-10-23(11-13-24)15-17-6-2-1-3-7-17/h2-6,8-11,16,29H,1,7,12-15,17-18H2,(H,25,28);1-9,14,25H,10-13,15-16H2,(H,22,26)/b24-16+;21-14+. The molecule has 6 rings (SSSR count). The molecule has 0 aromatic heterocycles. The van der Waals surface area contributed by atoms with Gasteiger partial charge in [0.05, 0.1) is 25.5 Å². The van der Waals surface area contributed by atoms with Crippen LogP contribution in [-0.2, 0) is 29.1 Å². The monoisotopic (exact) mass is 744 g/mol. The minimum absolute atomic E-state index is 0.139. The van der Waals surface area contributed by atoms with Gasteiger partial charge in [-0.1, -0.05) is 91.0 Å². The summed E-state index contributed by atoms with van der Waals surface area (Å²) in [6, 6.07) is 33.2. The van der Waals surface area contributed by atoms with Crippen LogP contribution in [0.2, 0.25) is 0 Å². The van der Waals surface area contributed by atoms with E-state index in [-0.39, 0.29) is 23.3 Å². The fourth-order valence-corrected chi connectivity index (χ4v) is 6.35. The summed E-state index contributed by atoms with van der Waals surface area (Å²) in [5.74, 6) is 0.00708. The number of amides is 2. The highest BCUT2D eigenvalue weighted by Gasteiger charge is 2.20. The molecule has 0 radical (unpaired) electrons. The molecule has 2 saturated heterocycles. The van der Waals surface area contributed by atoms with Crippen LogP contribution in [-0.4, -0.2) is 120 Å². The Hall–Kier alpha value is -5.66. The molecule has 0 aliphatic carbocycles. The van der Waals surface area contributed by atoms with Crippen LogP contribution in [0.15, 0.2) is 126 Å². The smallest absolute Gasteiger partial charge is 0.254 e. The summed E-state index contributed by atoms with van der Waals surface area (Å²) in [4.78, 5) is 33.3. The molecule has 2 aliphatic heterocycles. The number of rotatable bonds is 14. The first kappa shape index (κ1) is 40.5. The normalized spacial score (nSPS) is 15.7. The largest absolute Gasteiger partial charge is 0.507 e. The van der Waals surface area contributed by atoms with Crippen molar-refractivity contribution in [3.63, 3.8) is 0 Å². The maximum absolute atomic E-state index is 12.2. The van der Waals surface area contributed by atoms with E-state index in [4.69, 9.17) is 0 Å². The van der Waals surface area contributed by atoms with Gasteiger partial charge >= 0.3 is 0 Å². The number of phenols is 2. The number of phenolic OH excluding ortho intramolecular Hbond substituents is 2. The van der Waals surface area contributed by atoms with Gasteiger partial charge in [0.2, 0.25) is 0 Å². The lowest BCUT2D eigenvalue weighted by atomic mass is 10.1. The molecule has 4 aromatic rings. The van der Waals surface area contributed by atoms with E-state index in [1.807, 2.05) is 24.3 Å². The van der Waals surface area contributed by atoms with E-state index < -0.39 is 0 Å². The highest BCUT2D eigenvalue weighted by molar-refractivity contribution is 5.86. The minimum Gasteiger partial charge on any atom is -0.507 e. The van der Waals surface area contributed by atoms with Crippen molar-refractivity contribution in [2.75, 3.05) is 65.4 Å². The summed E-state index contributed by atoms with van der Waals surface area (Å²) in [7, 11) is 0. The van der Waals surface area contributed by atoms with Gasteiger partial charge in [-0.05, 0) is 41.3 Å². The molecule has 12 nitrogen and oxygen atoms in total. The van der Waals surface area contributed by atoms with Gasteiger partial charge in [-0.25, -0.2) is 10.9 Å². The first-order valence-electron chi connectivity index (χ1n) is 18.7. The lowest BCUT2D eigenvalue weighted by Crippen LogP contribution is -2.48. The predicted octanol–water partition coefficient (Wildman–Crippen LogP) is 4.05. The summed E-state index contributed by atoms with van der Waals surface area (Å²) in [6.45, 7) is 13.4. The first-order chi connectivity index (χ1) is 26.9. The number of allylic oxidation sites excluding steroid dienone is 1. The average Bonchev–Trinajstić information content (AvgIpc) is 3.20. The molecular formula is C43H52N8O4. The molecule has 2 aliphatic rings. The van der Waals surface area contributed by atoms with Gasteiger partial charge in [-0.2, -0.15) is 10.2 Å². The SMILES string of the molecule is C=CCc1cccc(/C=N/NC(=O)CN2CCN(Cc3ccccc3)CC2)c1O.O=C(CN1CCN(Cc2ccccc2)CC1)N/N=C/c1ccccc1O. The summed E-state index contributed by atoms with van der Waals surface area (Å²) in [6.07, 6.45) is 5.23. The number of hydrazone groups is 2. The number of nitrogens with zero attached hydrogens (tertiary/aromatic N) is 6. The number of carbonyl (C=O) groups is 2. The molecule has 4 N–H and O–H groups in total. The van der Waals surface area contributed by atoms with E-state index in [1.54, 1.807) is 36.4 Å². The summed E-state index contributed by atoms with van der Waals surface area (Å²) < 4.78 is 0. The highest BCUT2D eigenvalue weighted by atomic mass is 16.3. The quantitative estimate of drug-likeness (QED) is 0.0864. The van der Waals surface area contributed by atoms with Gasteiger partial charge in [0.15, 0.2) is 0 Å². The van der Waals surface area contributed by atoms with Crippen molar-refractivity contribution in [2.24, 2.45) is 10.2 Å². The van der Waals surface area contributed by atoms with Crippen molar-refractivity contribution in [2.45, 2.75) is 19.5 Å². The highest BCUT2D eigenvalue weighted by Crippen LogP contribution is 2.21. The number of para-hydroxylation sites is 2. The molecule has 2 heterocycles. The summed E-state index contributed by atoms with van der Waals surface area (Å²) in [5.41, 5.74) is 9.62. The third-order valence-corrected chi connectivity index (χ3v) is 9.40. The second kappa shape index (κ2) is 21.9. The summed E-state index contributed by atoms with van der Waals surface area (Å²) >= 11 is 0. The second-order valence-corrected chi connectivity index (χ2v) is 13.6. The lowest BCUT2D eigenvalue weighted by molar-refractivity contribution is -0.123. The topological polar surface area (TPSA) is 136 Å². The third kappa shape index (κ3) is 13.9. The van der Waals surface area contributed by atoms with Crippen LogP contribution in [0.25, 0.3) is 0 Å². The average molecular weight is 745 g/mol. The Morgan fingerprint density at radius 3 is 1.51 bits per heavy atom. The van der Waals surface area contributed by atoms with Gasteiger partial charge in [0.25, 0.3) is 11.8 Å². The lowest BCUT2D eigenvalue weighted by Gasteiger charge is -2.34. The molecule has 0 bridgehead atoms. The van der Waals surface area contributed by atoms with Crippen molar-refractivity contribution in [3.05, 3.63) is 144 Å². The number of carbonyl (C=O) groups excluding carboxylic acids is 2. The molecule has 0 saturated carbocycles. The van der Waals surface area contributed by atoms with Crippen LogP contribution in [0.4, 0.5) is 0 Å². The second-order valence-electron chi connectivity index (χ2n) is 13.6. The van der Waals surface area contributed by atoms with Crippen LogP contribution >= 0.6 is 0 Å². The molecule has 55 heavy (non-hydrogen) atoms. The first-order valence-corrected chi connectivity index (χ1v) is 18.7. The Morgan fingerprint density at radius 1 is 0.582 bits per heavy atom. The Labute approximate surface area is 324 Å². The molecule has 2 amide bonds. The number of hydrogen-bond acceptors (Lipinski definition) is 10. The van der Waals surface area contributed by atoms with E-state index in [0.717, 1.165) is 71.0 Å². The Kier molecular flexibility index (Phi) is 16.1. The van der Waals surface area contributed by atoms with Gasteiger partial charge < -0.3 is 10.2 Å². The van der Waals surface area contributed by atoms with Crippen LogP contribution in [0.1, 0.15) is 27.8 Å². The fraction of sp³-hybridized carbons (Fsp3) is 0.302. The van der Waals surface area contributed by atoms with E-state index >= 15 is 0 Å². The van der Waals surface area contributed by atoms with Crippen LogP contribution in [0.5, 0.6) is 11.5 Å². The van der Waals surface area contributed by atoms with Crippen molar-refractivity contribution in [1.82, 2.24) is 30.5 Å². The van der Waals surface area contributed by atoms with Crippen molar-refractivity contribution in [3.8, 4) is 11.5 Å². The van der Waals surface area contributed by atoms with Crippen LogP contribution in [0.3, 0.4) is 0 Å². The molecule has 288 valence electrons. The fourth-order valence-electron chi connectivity index (χ4n) is 6.35. The van der Waals surface area contributed by atoms with E-state index in [2.05, 4.69) is 95.8 Å². The molecule has 12 heteroatoms. The zero-order chi connectivity index (χ0) is 38.7. The van der Waals surface area contributed by atoms with Gasteiger partial charge in [-0.15, -0.1) is 6.58 Å². The van der Waals surface area contributed by atoms with Gasteiger partial charge in [0, 0.05) is 76.6 Å². The molecule has 2 fully saturated rings. The molecular weight excluding hydrogens is 693 g/mol. The predicted molar refractivity (Wildman–Crippen MR) is 218 cm³/mol. The number of hydrogen-bond donors (Lipinski definition) is 4. The maximum Gasteiger partial charge on any atom is 0.254 e. The Bertz CT molecular complexity index is 1860. The van der Waals surface area contributed by atoms with Gasteiger partial charge in [-0.3, -0.25) is 29.2 Å². The van der Waals surface area contributed by atoms with E-state index in [1.165, 1.54) is 23.6 Å². The van der Waals surface area contributed by atoms with Crippen molar-refractivity contribution in [1.29, 1.82) is 0 Å². The van der Waals surface area contributed by atoms with Crippen molar-refractivity contribution < 1.29 is 19.8 Å². The van der Waals surface area contributed by atoms with Crippen LogP contribution in [0, 0.1) is 0 Å².